The molecular weight excluding hydrogens is 260 g/mol. The van der Waals surface area contributed by atoms with Crippen molar-refractivity contribution < 1.29 is 4.79 Å². The van der Waals surface area contributed by atoms with Crippen molar-refractivity contribution in [3.05, 3.63) is 39.6 Å². The Kier molecular flexibility index (Phi) is 3.65. The first kappa shape index (κ1) is 11.9. The van der Waals surface area contributed by atoms with Gasteiger partial charge < -0.3 is 4.90 Å². The summed E-state index contributed by atoms with van der Waals surface area (Å²) in [5.41, 5.74) is 0.818. The monoisotopic (exact) mass is 268 g/mol. The minimum absolute atomic E-state index is 0.208. The third kappa shape index (κ3) is 2.98. The molecule has 1 amide bonds. The first-order chi connectivity index (χ1) is 8.16. The lowest BCUT2D eigenvalue weighted by molar-refractivity contribution is 0.0782. The maximum absolute atomic E-state index is 11.9. The number of hydrogen-bond donors (Lipinski definition) is 0. The molecule has 17 heavy (non-hydrogen) atoms. The van der Waals surface area contributed by atoms with Crippen LogP contribution < -0.4 is 0 Å². The summed E-state index contributed by atoms with van der Waals surface area (Å²) in [4.78, 5) is 17.6. The highest BCUT2D eigenvalue weighted by atomic mass is 35.5. The summed E-state index contributed by atoms with van der Waals surface area (Å²) in [6, 6.07) is 5.56. The van der Waals surface area contributed by atoms with Gasteiger partial charge in [-0.25, -0.2) is 0 Å². The van der Waals surface area contributed by atoms with Crippen LogP contribution in [0.5, 0.6) is 0 Å². The molecule has 0 fully saturated rings. The molecular formula is C10H9ClN4OS. The van der Waals surface area contributed by atoms with Gasteiger partial charge in [0.1, 0.15) is 0 Å². The van der Waals surface area contributed by atoms with E-state index in [0.29, 0.717) is 6.54 Å². The summed E-state index contributed by atoms with van der Waals surface area (Å²) in [5.74, 6) is -0.208. The number of amides is 1. The lowest BCUT2D eigenvalue weighted by Gasteiger charge is -2.14. The number of hydrogen-bond acceptors (Lipinski definition) is 5. The number of carbonyl (C=O) groups is 1. The highest BCUT2D eigenvalue weighted by Gasteiger charge is 2.17. The number of nitrogens with zero attached hydrogens (tertiary/aromatic N) is 4. The number of pyridine rings is 1. The first-order valence-corrected chi connectivity index (χ1v) is 6.00. The molecule has 0 aliphatic heterocycles. The quantitative estimate of drug-likeness (QED) is 0.853. The number of halogens is 1. The summed E-state index contributed by atoms with van der Waals surface area (Å²) in [7, 11) is 1.69. The van der Waals surface area contributed by atoms with E-state index in [2.05, 4.69) is 15.2 Å². The van der Waals surface area contributed by atoms with Crippen molar-refractivity contribution in [3.63, 3.8) is 0 Å². The standard InChI is InChI=1S/C10H9ClN4OS/c1-15(6-7-4-2-3-5-12-7)9(16)8-13-14-10(11)17-8/h2-5H,6H2,1H3. The predicted molar refractivity (Wildman–Crippen MR) is 65.0 cm³/mol. The van der Waals surface area contributed by atoms with E-state index in [0.717, 1.165) is 17.0 Å². The van der Waals surface area contributed by atoms with Crippen LogP contribution in [-0.4, -0.2) is 33.0 Å². The fraction of sp³-hybridized carbons (Fsp3) is 0.200. The molecule has 0 aliphatic rings. The fourth-order valence-corrected chi connectivity index (χ4v) is 2.08. The van der Waals surface area contributed by atoms with Crippen LogP contribution in [0.3, 0.4) is 0 Å². The molecule has 0 saturated heterocycles. The Morgan fingerprint density at radius 3 is 2.88 bits per heavy atom. The van der Waals surface area contributed by atoms with Gasteiger partial charge in [0.15, 0.2) is 0 Å². The Hall–Kier alpha value is -1.53. The fourth-order valence-electron chi connectivity index (χ4n) is 1.26. The minimum atomic E-state index is -0.208. The molecule has 88 valence electrons. The molecule has 2 heterocycles. The zero-order chi connectivity index (χ0) is 12.3. The Bertz CT molecular complexity index is 516. The number of aromatic nitrogens is 3. The van der Waals surface area contributed by atoms with E-state index < -0.39 is 0 Å². The maximum atomic E-state index is 11.9. The van der Waals surface area contributed by atoms with E-state index in [4.69, 9.17) is 11.6 Å². The maximum Gasteiger partial charge on any atom is 0.284 e. The Morgan fingerprint density at radius 2 is 2.29 bits per heavy atom. The molecule has 2 aromatic heterocycles. The van der Waals surface area contributed by atoms with Gasteiger partial charge in [-0.15, -0.1) is 10.2 Å². The van der Waals surface area contributed by atoms with Gasteiger partial charge in [0, 0.05) is 13.2 Å². The van der Waals surface area contributed by atoms with Gasteiger partial charge in [0.25, 0.3) is 5.91 Å². The van der Waals surface area contributed by atoms with Crippen LogP contribution in [0.15, 0.2) is 24.4 Å². The molecule has 0 aliphatic carbocycles. The summed E-state index contributed by atoms with van der Waals surface area (Å²) >= 11 is 6.70. The van der Waals surface area contributed by atoms with E-state index in [1.54, 1.807) is 13.2 Å². The second-order valence-electron chi connectivity index (χ2n) is 3.34. The third-order valence-electron chi connectivity index (χ3n) is 2.06. The molecule has 2 rings (SSSR count). The molecule has 0 aromatic carbocycles. The smallest absolute Gasteiger partial charge is 0.284 e. The average Bonchev–Trinajstić information content (AvgIpc) is 2.76. The molecule has 0 unspecified atom stereocenters. The highest BCUT2D eigenvalue weighted by Crippen LogP contribution is 2.16. The molecule has 0 saturated carbocycles. The lowest BCUT2D eigenvalue weighted by atomic mass is 10.3. The third-order valence-corrected chi connectivity index (χ3v) is 3.06. The molecule has 0 radical (unpaired) electrons. The van der Waals surface area contributed by atoms with Crippen molar-refractivity contribution in [1.29, 1.82) is 0 Å². The van der Waals surface area contributed by atoms with Crippen molar-refractivity contribution in [2.24, 2.45) is 0 Å². The van der Waals surface area contributed by atoms with Crippen LogP contribution in [0.25, 0.3) is 0 Å². The largest absolute Gasteiger partial charge is 0.334 e. The zero-order valence-electron chi connectivity index (χ0n) is 9.00. The van der Waals surface area contributed by atoms with Gasteiger partial charge in [-0.3, -0.25) is 9.78 Å². The normalized spacial score (nSPS) is 10.2. The van der Waals surface area contributed by atoms with Crippen LogP contribution in [0, 0.1) is 0 Å². The van der Waals surface area contributed by atoms with E-state index >= 15 is 0 Å². The van der Waals surface area contributed by atoms with Crippen molar-refractivity contribution in [3.8, 4) is 0 Å². The van der Waals surface area contributed by atoms with Crippen molar-refractivity contribution in [2.75, 3.05) is 7.05 Å². The average molecular weight is 269 g/mol. The lowest BCUT2D eigenvalue weighted by Crippen LogP contribution is -2.26. The predicted octanol–water partition coefficient (Wildman–Crippen LogP) is 1.86. The second kappa shape index (κ2) is 5.20. The summed E-state index contributed by atoms with van der Waals surface area (Å²) in [6.07, 6.45) is 1.69. The topological polar surface area (TPSA) is 59.0 Å². The van der Waals surface area contributed by atoms with Gasteiger partial charge in [0.2, 0.25) is 9.47 Å². The molecule has 0 N–H and O–H groups in total. The van der Waals surface area contributed by atoms with Gasteiger partial charge in [-0.2, -0.15) is 0 Å². The van der Waals surface area contributed by atoms with Crippen molar-refractivity contribution in [1.82, 2.24) is 20.1 Å². The first-order valence-electron chi connectivity index (χ1n) is 4.81. The Labute approximate surface area is 107 Å². The molecule has 2 aromatic rings. The van der Waals surface area contributed by atoms with Crippen molar-refractivity contribution >= 4 is 28.8 Å². The molecule has 5 nitrogen and oxygen atoms in total. The van der Waals surface area contributed by atoms with Gasteiger partial charge in [0.05, 0.1) is 12.2 Å². The summed E-state index contributed by atoms with van der Waals surface area (Å²) in [6.45, 7) is 0.427. The highest BCUT2D eigenvalue weighted by molar-refractivity contribution is 7.17. The molecule has 0 spiro atoms. The minimum Gasteiger partial charge on any atom is -0.334 e. The van der Waals surface area contributed by atoms with E-state index in [1.165, 1.54) is 4.90 Å². The second-order valence-corrected chi connectivity index (χ2v) is 4.90. The van der Waals surface area contributed by atoms with Crippen LogP contribution in [0.2, 0.25) is 4.47 Å². The zero-order valence-corrected chi connectivity index (χ0v) is 10.6. The van der Waals surface area contributed by atoms with E-state index in [-0.39, 0.29) is 15.4 Å². The van der Waals surface area contributed by atoms with Gasteiger partial charge in [-0.1, -0.05) is 17.4 Å². The van der Waals surface area contributed by atoms with Gasteiger partial charge >= 0.3 is 0 Å². The molecule has 0 atom stereocenters. The van der Waals surface area contributed by atoms with Crippen LogP contribution in [0.1, 0.15) is 15.5 Å². The SMILES string of the molecule is CN(Cc1ccccn1)C(=O)c1nnc(Cl)s1. The van der Waals surface area contributed by atoms with Crippen LogP contribution >= 0.6 is 22.9 Å². The molecule has 0 bridgehead atoms. The number of rotatable bonds is 3. The van der Waals surface area contributed by atoms with E-state index in [9.17, 15) is 4.79 Å². The molecule has 7 heteroatoms. The van der Waals surface area contributed by atoms with E-state index in [1.807, 2.05) is 18.2 Å². The van der Waals surface area contributed by atoms with Gasteiger partial charge in [-0.05, 0) is 23.7 Å². The van der Waals surface area contributed by atoms with Crippen LogP contribution in [-0.2, 0) is 6.54 Å². The summed E-state index contributed by atoms with van der Waals surface area (Å²) in [5, 5.41) is 7.59. The summed E-state index contributed by atoms with van der Waals surface area (Å²) < 4.78 is 0.264. The number of carbonyl (C=O) groups excluding carboxylic acids is 1. The Morgan fingerprint density at radius 1 is 1.47 bits per heavy atom. The van der Waals surface area contributed by atoms with Crippen LogP contribution in [0.4, 0.5) is 0 Å². The van der Waals surface area contributed by atoms with Crippen molar-refractivity contribution in [2.45, 2.75) is 6.54 Å². The Balaban J connectivity index is 2.06.